The smallest absolute Gasteiger partial charge is 0.247 e. The molecule has 2 aromatic carbocycles. The van der Waals surface area contributed by atoms with Crippen molar-refractivity contribution < 1.29 is 14.6 Å². The van der Waals surface area contributed by atoms with Crippen LogP contribution in [0, 0.1) is 0 Å². The van der Waals surface area contributed by atoms with E-state index in [4.69, 9.17) is 21.1 Å². The van der Waals surface area contributed by atoms with E-state index in [1.165, 1.54) is 6.42 Å². The van der Waals surface area contributed by atoms with E-state index in [0.29, 0.717) is 34.7 Å². The minimum atomic E-state index is -0.621. The summed E-state index contributed by atoms with van der Waals surface area (Å²) >= 11 is 7.84. The molecular formula is C23H25ClN4O3S. The molecule has 0 saturated heterocycles. The summed E-state index contributed by atoms with van der Waals surface area (Å²) in [5.74, 6) is 1.52. The van der Waals surface area contributed by atoms with Gasteiger partial charge in [0.25, 0.3) is 0 Å². The molecule has 0 aliphatic carbocycles. The van der Waals surface area contributed by atoms with E-state index in [1.807, 2.05) is 31.2 Å². The Hall–Kier alpha value is -2.71. The zero-order valence-corrected chi connectivity index (χ0v) is 19.5. The second-order valence-electron chi connectivity index (χ2n) is 7.27. The maximum atomic E-state index is 10.2. The fourth-order valence-corrected chi connectivity index (χ4v) is 4.38. The third kappa shape index (κ3) is 4.86. The minimum absolute atomic E-state index is 0.0959. The van der Waals surface area contributed by atoms with Gasteiger partial charge in [-0.05, 0) is 31.5 Å². The lowest BCUT2D eigenvalue weighted by molar-refractivity contribution is 0.224. The summed E-state index contributed by atoms with van der Waals surface area (Å²) in [5.41, 5.74) is 2.94. The molecule has 0 bridgehead atoms. The van der Waals surface area contributed by atoms with Crippen LogP contribution in [0.25, 0.3) is 11.3 Å². The highest BCUT2D eigenvalue weighted by molar-refractivity contribution is 7.99. The molecule has 0 saturated carbocycles. The van der Waals surface area contributed by atoms with Gasteiger partial charge >= 0.3 is 0 Å². The summed E-state index contributed by atoms with van der Waals surface area (Å²) in [6, 6.07) is 11.1. The average molecular weight is 473 g/mol. The third-order valence-electron chi connectivity index (χ3n) is 4.97. The van der Waals surface area contributed by atoms with Gasteiger partial charge in [-0.25, -0.2) is 0 Å². The number of para-hydroxylation sites is 1. The quantitative estimate of drug-likeness (QED) is 0.301. The van der Waals surface area contributed by atoms with Gasteiger partial charge in [0, 0.05) is 22.6 Å². The van der Waals surface area contributed by atoms with E-state index in [0.717, 1.165) is 29.8 Å². The van der Waals surface area contributed by atoms with Crippen LogP contribution >= 0.6 is 23.4 Å². The monoisotopic (exact) mass is 472 g/mol. The summed E-state index contributed by atoms with van der Waals surface area (Å²) in [6.07, 6.45) is 2.81. The number of halogens is 1. The number of phenols is 1. The van der Waals surface area contributed by atoms with Gasteiger partial charge in [0.05, 0.1) is 11.6 Å². The summed E-state index contributed by atoms with van der Waals surface area (Å²) in [4.78, 5) is 4.66. The summed E-state index contributed by atoms with van der Waals surface area (Å²) in [5, 5.41) is 23.1. The lowest BCUT2D eigenvalue weighted by Crippen LogP contribution is -2.17. The Balaban J connectivity index is 1.71. The Morgan fingerprint density at radius 1 is 1.19 bits per heavy atom. The number of rotatable bonds is 8. The third-order valence-corrected chi connectivity index (χ3v) is 6.18. The second-order valence-corrected chi connectivity index (χ2v) is 8.74. The summed E-state index contributed by atoms with van der Waals surface area (Å²) < 4.78 is 11.8. The topological polar surface area (TPSA) is 89.4 Å². The van der Waals surface area contributed by atoms with Crippen molar-refractivity contribution in [1.82, 2.24) is 15.2 Å². The summed E-state index contributed by atoms with van der Waals surface area (Å²) in [7, 11) is 0. The van der Waals surface area contributed by atoms with Crippen molar-refractivity contribution in [2.45, 2.75) is 44.5 Å². The predicted octanol–water partition coefficient (Wildman–Crippen LogP) is 6.08. The first-order valence-corrected chi connectivity index (χ1v) is 12.0. The van der Waals surface area contributed by atoms with Gasteiger partial charge in [-0.2, -0.15) is 4.98 Å². The van der Waals surface area contributed by atoms with Crippen molar-refractivity contribution in [1.29, 1.82) is 0 Å². The van der Waals surface area contributed by atoms with Gasteiger partial charge in [0.2, 0.25) is 11.0 Å². The number of thioether (sulfide) groups is 1. The Bertz CT molecular complexity index is 1100. The normalized spacial score (nSPS) is 14.5. The molecule has 4 rings (SSSR count). The Labute approximate surface area is 196 Å². The zero-order chi connectivity index (χ0) is 22.5. The molecule has 2 heterocycles. The predicted molar refractivity (Wildman–Crippen MR) is 127 cm³/mol. The van der Waals surface area contributed by atoms with Crippen LogP contribution in [0.2, 0.25) is 5.02 Å². The van der Waals surface area contributed by atoms with Gasteiger partial charge in [-0.15, -0.1) is 10.2 Å². The molecular weight excluding hydrogens is 448 g/mol. The van der Waals surface area contributed by atoms with E-state index < -0.39 is 6.23 Å². The van der Waals surface area contributed by atoms with Crippen molar-refractivity contribution in [3.05, 3.63) is 47.0 Å². The standard InChI is InChI=1S/C23H25ClN4O3S/c1-3-5-8-11-32-23-26-22-19(27-28-23)15-9-6-7-10-17(15)25-21(31-22)14-12-16(24)20(29)18(13-14)30-4-2/h6-7,9-10,12-13,21,25,29H,3-5,8,11H2,1-2H3. The highest BCUT2D eigenvalue weighted by Crippen LogP contribution is 2.42. The van der Waals surface area contributed by atoms with Gasteiger partial charge in [0.1, 0.15) is 0 Å². The first kappa shape index (κ1) is 22.5. The average Bonchev–Trinajstić information content (AvgIpc) is 2.96. The highest BCUT2D eigenvalue weighted by Gasteiger charge is 2.27. The van der Waals surface area contributed by atoms with E-state index in [9.17, 15) is 5.11 Å². The molecule has 1 aliphatic heterocycles. The molecule has 1 atom stereocenters. The molecule has 0 radical (unpaired) electrons. The molecule has 1 aromatic heterocycles. The lowest BCUT2D eigenvalue weighted by atomic mass is 10.1. The van der Waals surface area contributed by atoms with Crippen LogP contribution in [-0.2, 0) is 0 Å². The SMILES string of the molecule is CCCCCSc1nnc2c(n1)OC(c1cc(Cl)c(O)c(OCC)c1)Nc1ccccc1-2. The number of nitrogens with one attached hydrogen (secondary N) is 1. The number of unbranched alkanes of at least 4 members (excludes halogenated alkanes) is 2. The molecule has 32 heavy (non-hydrogen) atoms. The molecule has 7 nitrogen and oxygen atoms in total. The molecule has 0 spiro atoms. The largest absolute Gasteiger partial charge is 0.503 e. The van der Waals surface area contributed by atoms with E-state index >= 15 is 0 Å². The van der Waals surface area contributed by atoms with Crippen LogP contribution in [0.3, 0.4) is 0 Å². The van der Waals surface area contributed by atoms with Crippen LogP contribution in [0.4, 0.5) is 5.69 Å². The van der Waals surface area contributed by atoms with Crippen LogP contribution in [0.5, 0.6) is 17.4 Å². The number of anilines is 1. The fourth-order valence-electron chi connectivity index (χ4n) is 3.39. The molecule has 0 amide bonds. The Kier molecular flexibility index (Phi) is 7.22. The number of aromatic nitrogens is 3. The number of aromatic hydroxyl groups is 1. The van der Waals surface area contributed by atoms with E-state index in [2.05, 4.69) is 27.4 Å². The molecule has 168 valence electrons. The van der Waals surface area contributed by atoms with Crippen LogP contribution < -0.4 is 14.8 Å². The molecule has 0 fully saturated rings. The lowest BCUT2D eigenvalue weighted by Gasteiger charge is -2.21. The van der Waals surface area contributed by atoms with Gasteiger partial charge in [-0.1, -0.05) is 61.3 Å². The number of nitrogens with zero attached hydrogens (tertiary/aromatic N) is 3. The van der Waals surface area contributed by atoms with Crippen molar-refractivity contribution >= 4 is 29.1 Å². The molecule has 2 N–H and O–H groups in total. The van der Waals surface area contributed by atoms with Gasteiger partial charge in [-0.3, -0.25) is 0 Å². The van der Waals surface area contributed by atoms with Crippen LogP contribution in [0.1, 0.15) is 44.9 Å². The van der Waals surface area contributed by atoms with Crippen molar-refractivity contribution in [2.24, 2.45) is 0 Å². The fraction of sp³-hybridized carbons (Fsp3) is 0.348. The number of benzene rings is 2. The Morgan fingerprint density at radius 3 is 2.84 bits per heavy atom. The number of phenolic OH excluding ortho intramolecular Hbond substituents is 1. The number of hydrogen-bond acceptors (Lipinski definition) is 8. The summed E-state index contributed by atoms with van der Waals surface area (Å²) in [6.45, 7) is 4.42. The maximum Gasteiger partial charge on any atom is 0.247 e. The molecule has 1 unspecified atom stereocenters. The van der Waals surface area contributed by atoms with E-state index in [1.54, 1.807) is 23.9 Å². The number of ether oxygens (including phenoxy) is 2. The molecule has 9 heteroatoms. The van der Waals surface area contributed by atoms with Crippen molar-refractivity contribution in [3.8, 4) is 28.6 Å². The van der Waals surface area contributed by atoms with Crippen molar-refractivity contribution in [2.75, 3.05) is 17.7 Å². The first-order valence-electron chi connectivity index (χ1n) is 10.7. The number of fused-ring (bicyclic) bond motifs is 3. The first-order chi connectivity index (χ1) is 15.6. The van der Waals surface area contributed by atoms with Gasteiger partial charge in [0.15, 0.2) is 23.4 Å². The van der Waals surface area contributed by atoms with Crippen molar-refractivity contribution in [3.63, 3.8) is 0 Å². The maximum absolute atomic E-state index is 10.2. The highest BCUT2D eigenvalue weighted by atomic mass is 35.5. The number of hydrogen-bond donors (Lipinski definition) is 2. The zero-order valence-electron chi connectivity index (χ0n) is 18.0. The Morgan fingerprint density at radius 2 is 2.03 bits per heavy atom. The second kappa shape index (κ2) is 10.3. The van der Waals surface area contributed by atoms with Crippen LogP contribution in [-0.4, -0.2) is 32.6 Å². The van der Waals surface area contributed by atoms with Crippen LogP contribution in [0.15, 0.2) is 41.6 Å². The molecule has 1 aliphatic rings. The minimum Gasteiger partial charge on any atom is -0.503 e. The van der Waals surface area contributed by atoms with E-state index in [-0.39, 0.29) is 10.8 Å². The van der Waals surface area contributed by atoms with Gasteiger partial charge < -0.3 is 19.9 Å². The molecule has 3 aromatic rings.